The van der Waals surface area contributed by atoms with E-state index in [1.54, 1.807) is 13.8 Å². The van der Waals surface area contributed by atoms with E-state index in [0.717, 1.165) is 31.3 Å². The van der Waals surface area contributed by atoms with E-state index in [4.69, 9.17) is 5.73 Å². The van der Waals surface area contributed by atoms with Gasteiger partial charge in [-0.1, -0.05) is 39.8 Å². The maximum Gasteiger partial charge on any atom is 0.293 e. The van der Waals surface area contributed by atoms with Gasteiger partial charge in [0.15, 0.2) is 0 Å². The lowest BCUT2D eigenvalue weighted by Gasteiger charge is -2.13. The molecular formula is C19H30FNO3. The first-order valence-electron chi connectivity index (χ1n) is 7.99. The standard InChI is InChI=1S/C14H20FNO.C5H10O2/c1-6-7-9(2)13(8-10(3)15)11(4)12(5)14(16)17;1-2-3-4-7-5-6/h8H,2-3,6-7H2,1,4-5H3,(H2,16,17);5H,2-4H2,1H3/b12-11+,13-8+;. The molecule has 0 fully saturated rings. The zero-order chi connectivity index (χ0) is 19.1. The summed E-state index contributed by atoms with van der Waals surface area (Å²) < 4.78 is 17.3. The molecule has 0 bridgehead atoms. The second kappa shape index (κ2) is 14.4. The quantitative estimate of drug-likeness (QED) is 0.275. The van der Waals surface area contributed by atoms with Crippen LogP contribution >= 0.6 is 0 Å². The SMILES string of the molecule is C=C(F)/C=C(C(=C)CCC)/C(C)=C(\C)C(N)=O.CCCCOC=O. The van der Waals surface area contributed by atoms with Crippen LogP contribution in [0.3, 0.4) is 0 Å². The average Bonchev–Trinajstić information content (AvgIpc) is 2.52. The van der Waals surface area contributed by atoms with E-state index in [0.29, 0.717) is 29.8 Å². The molecule has 5 heteroatoms. The molecule has 2 N–H and O–H groups in total. The molecule has 0 aromatic carbocycles. The van der Waals surface area contributed by atoms with Crippen molar-refractivity contribution in [1.82, 2.24) is 0 Å². The van der Waals surface area contributed by atoms with Crippen LogP contribution in [0.5, 0.6) is 0 Å². The predicted octanol–water partition coefficient (Wildman–Crippen LogP) is 4.53. The number of nitrogens with two attached hydrogens (primary N) is 1. The summed E-state index contributed by atoms with van der Waals surface area (Å²) in [7, 11) is 0. The molecule has 0 heterocycles. The Morgan fingerprint density at radius 3 is 2.12 bits per heavy atom. The molecule has 0 saturated heterocycles. The fraction of sp³-hybridized carbons (Fsp3) is 0.474. The molecule has 0 radical (unpaired) electrons. The summed E-state index contributed by atoms with van der Waals surface area (Å²) in [6, 6.07) is 0. The Balaban J connectivity index is 0. The van der Waals surface area contributed by atoms with Gasteiger partial charge >= 0.3 is 0 Å². The van der Waals surface area contributed by atoms with Crippen molar-refractivity contribution in [2.45, 2.75) is 53.4 Å². The summed E-state index contributed by atoms with van der Waals surface area (Å²) in [5, 5.41) is 0. The maximum absolute atomic E-state index is 12.9. The third-order valence-corrected chi connectivity index (χ3v) is 3.25. The van der Waals surface area contributed by atoms with E-state index in [-0.39, 0.29) is 0 Å². The molecule has 136 valence electrons. The normalized spacial score (nSPS) is 11.6. The van der Waals surface area contributed by atoms with E-state index in [1.807, 2.05) is 13.8 Å². The van der Waals surface area contributed by atoms with Crippen LogP contribution in [0.25, 0.3) is 0 Å². The van der Waals surface area contributed by atoms with Crippen LogP contribution in [0.2, 0.25) is 0 Å². The Morgan fingerprint density at radius 2 is 1.75 bits per heavy atom. The lowest BCUT2D eigenvalue weighted by molar-refractivity contribution is -0.128. The lowest BCUT2D eigenvalue weighted by atomic mass is 9.93. The van der Waals surface area contributed by atoms with Gasteiger partial charge in [-0.25, -0.2) is 4.39 Å². The minimum absolute atomic E-state index is 0.412. The van der Waals surface area contributed by atoms with Crippen molar-refractivity contribution >= 4 is 12.4 Å². The number of halogens is 1. The van der Waals surface area contributed by atoms with Crippen LogP contribution in [0.15, 0.2) is 47.4 Å². The van der Waals surface area contributed by atoms with Crippen LogP contribution in [0.1, 0.15) is 53.4 Å². The van der Waals surface area contributed by atoms with Gasteiger partial charge in [0.2, 0.25) is 5.91 Å². The smallest absolute Gasteiger partial charge is 0.293 e. The van der Waals surface area contributed by atoms with Gasteiger partial charge in [0.1, 0.15) is 5.83 Å². The number of primary amides is 1. The number of allylic oxidation sites excluding steroid dienone is 5. The minimum atomic E-state index is -0.561. The van der Waals surface area contributed by atoms with Gasteiger partial charge in [-0.05, 0) is 49.5 Å². The highest BCUT2D eigenvalue weighted by Crippen LogP contribution is 2.25. The van der Waals surface area contributed by atoms with Crippen LogP contribution in [0.4, 0.5) is 4.39 Å². The summed E-state index contributed by atoms with van der Waals surface area (Å²) in [6.07, 6.45) is 4.98. The number of hydrogen-bond donors (Lipinski definition) is 1. The molecule has 0 spiro atoms. The van der Waals surface area contributed by atoms with Crippen LogP contribution in [0, 0.1) is 0 Å². The summed E-state index contributed by atoms with van der Waals surface area (Å²) in [4.78, 5) is 20.6. The number of rotatable bonds is 10. The molecule has 0 aliphatic rings. The molecule has 0 aliphatic carbocycles. The van der Waals surface area contributed by atoms with E-state index < -0.39 is 11.7 Å². The third kappa shape index (κ3) is 11.4. The van der Waals surface area contributed by atoms with Crippen molar-refractivity contribution in [1.29, 1.82) is 0 Å². The molecular weight excluding hydrogens is 309 g/mol. The van der Waals surface area contributed by atoms with Crippen LogP contribution in [-0.4, -0.2) is 19.0 Å². The molecule has 0 atom stereocenters. The van der Waals surface area contributed by atoms with Gasteiger partial charge in [-0.15, -0.1) is 0 Å². The van der Waals surface area contributed by atoms with Gasteiger partial charge in [-0.3, -0.25) is 9.59 Å². The predicted molar refractivity (Wildman–Crippen MR) is 96.9 cm³/mol. The molecule has 24 heavy (non-hydrogen) atoms. The summed E-state index contributed by atoms with van der Waals surface area (Å²) in [5.74, 6) is -1.07. The molecule has 0 saturated carbocycles. The Kier molecular flexibility index (Phi) is 14.5. The fourth-order valence-electron chi connectivity index (χ4n) is 1.73. The van der Waals surface area contributed by atoms with Crippen molar-refractivity contribution < 1.29 is 18.7 Å². The summed E-state index contributed by atoms with van der Waals surface area (Å²) >= 11 is 0. The molecule has 4 nitrogen and oxygen atoms in total. The van der Waals surface area contributed by atoms with Crippen LogP contribution < -0.4 is 5.73 Å². The number of hydrogen-bond acceptors (Lipinski definition) is 3. The Hall–Kier alpha value is -2.17. The Labute approximate surface area is 144 Å². The minimum Gasteiger partial charge on any atom is -0.468 e. The van der Waals surface area contributed by atoms with Crippen LogP contribution in [-0.2, 0) is 14.3 Å². The zero-order valence-corrected chi connectivity index (χ0v) is 15.3. The number of carbonyl (C=O) groups is 2. The van der Waals surface area contributed by atoms with E-state index in [9.17, 15) is 14.0 Å². The molecule has 0 aromatic rings. The molecule has 1 amide bonds. The van der Waals surface area contributed by atoms with Gasteiger partial charge < -0.3 is 10.5 Å². The number of carbonyl (C=O) groups excluding carboxylic acids is 2. The van der Waals surface area contributed by atoms with Crippen molar-refractivity contribution in [3.8, 4) is 0 Å². The van der Waals surface area contributed by atoms with Crippen molar-refractivity contribution in [3.05, 3.63) is 47.4 Å². The highest BCUT2D eigenvalue weighted by molar-refractivity contribution is 5.93. The second-order valence-electron chi connectivity index (χ2n) is 5.29. The molecule has 0 aromatic heterocycles. The first-order chi connectivity index (χ1) is 11.2. The second-order valence-corrected chi connectivity index (χ2v) is 5.29. The topological polar surface area (TPSA) is 69.4 Å². The van der Waals surface area contributed by atoms with Crippen molar-refractivity contribution in [2.24, 2.45) is 5.73 Å². The first-order valence-corrected chi connectivity index (χ1v) is 7.99. The Morgan fingerprint density at radius 1 is 1.17 bits per heavy atom. The van der Waals surface area contributed by atoms with E-state index in [1.165, 1.54) is 6.08 Å². The van der Waals surface area contributed by atoms with Gasteiger partial charge in [0, 0.05) is 5.57 Å². The largest absolute Gasteiger partial charge is 0.468 e. The molecule has 0 unspecified atom stereocenters. The number of unbranched alkanes of at least 4 members (excludes halogenated alkanes) is 1. The highest BCUT2D eigenvalue weighted by Gasteiger charge is 2.11. The Bertz CT molecular complexity index is 505. The van der Waals surface area contributed by atoms with Crippen molar-refractivity contribution in [3.63, 3.8) is 0 Å². The maximum atomic E-state index is 12.9. The first kappa shape index (κ1) is 24.1. The zero-order valence-electron chi connectivity index (χ0n) is 15.3. The highest BCUT2D eigenvalue weighted by atomic mass is 19.1. The third-order valence-electron chi connectivity index (χ3n) is 3.25. The fourth-order valence-corrected chi connectivity index (χ4v) is 1.73. The average molecular weight is 339 g/mol. The number of amides is 1. The summed E-state index contributed by atoms with van der Waals surface area (Å²) in [5.41, 5.74) is 7.66. The van der Waals surface area contributed by atoms with Gasteiger partial charge in [-0.2, -0.15) is 0 Å². The number of ether oxygens (including phenoxy) is 1. The van der Waals surface area contributed by atoms with Gasteiger partial charge in [0.25, 0.3) is 6.47 Å². The van der Waals surface area contributed by atoms with E-state index >= 15 is 0 Å². The molecule has 0 rings (SSSR count). The van der Waals surface area contributed by atoms with E-state index in [2.05, 4.69) is 17.9 Å². The monoisotopic (exact) mass is 339 g/mol. The summed E-state index contributed by atoms with van der Waals surface area (Å²) in [6.45, 7) is 15.6. The van der Waals surface area contributed by atoms with Crippen molar-refractivity contribution in [2.75, 3.05) is 6.61 Å². The lowest BCUT2D eigenvalue weighted by Crippen LogP contribution is -2.14. The molecule has 0 aliphatic heterocycles. The van der Waals surface area contributed by atoms with Gasteiger partial charge in [0.05, 0.1) is 6.61 Å².